The Bertz CT molecular complexity index is 730. The van der Waals surface area contributed by atoms with Crippen molar-refractivity contribution >= 4 is 35.2 Å². The fourth-order valence-electron chi connectivity index (χ4n) is 2.82. The van der Waals surface area contributed by atoms with E-state index >= 15 is 0 Å². The van der Waals surface area contributed by atoms with E-state index in [1.165, 1.54) is 0 Å². The SMILES string of the molecule is Cn1nc(C2CCNCC2)nc1NC(=O)CSCc1cccc(Cl)c1. The first-order valence-corrected chi connectivity index (χ1v) is 9.89. The van der Waals surface area contributed by atoms with Crippen LogP contribution in [-0.2, 0) is 17.6 Å². The van der Waals surface area contributed by atoms with Gasteiger partial charge in [-0.3, -0.25) is 10.1 Å². The topological polar surface area (TPSA) is 71.8 Å². The lowest BCUT2D eigenvalue weighted by atomic mass is 9.98. The number of aryl methyl sites for hydroxylation is 1. The summed E-state index contributed by atoms with van der Waals surface area (Å²) in [7, 11) is 1.81. The molecule has 0 bridgehead atoms. The molecule has 2 N–H and O–H groups in total. The van der Waals surface area contributed by atoms with Gasteiger partial charge in [0.15, 0.2) is 5.82 Å². The maximum Gasteiger partial charge on any atom is 0.236 e. The van der Waals surface area contributed by atoms with Gasteiger partial charge in [-0.2, -0.15) is 10.1 Å². The standard InChI is InChI=1S/C17H22ClN5OS/c1-23-17(21-16(22-23)13-5-7-19-8-6-13)20-15(24)11-25-10-12-3-2-4-14(18)9-12/h2-4,9,13,19H,5-8,10-11H2,1H3,(H,20,21,22,24). The number of piperidine rings is 1. The van der Waals surface area contributed by atoms with Crippen molar-refractivity contribution in [3.05, 3.63) is 40.7 Å². The highest BCUT2D eigenvalue weighted by Crippen LogP contribution is 2.23. The minimum atomic E-state index is -0.0700. The summed E-state index contributed by atoms with van der Waals surface area (Å²) in [5.74, 6) is 2.75. The van der Waals surface area contributed by atoms with Crippen LogP contribution in [0.2, 0.25) is 5.02 Å². The molecule has 8 heteroatoms. The summed E-state index contributed by atoms with van der Waals surface area (Å²) in [6.07, 6.45) is 2.07. The number of amides is 1. The molecule has 0 spiro atoms. The minimum Gasteiger partial charge on any atom is -0.317 e. The van der Waals surface area contributed by atoms with E-state index in [1.54, 1.807) is 16.4 Å². The van der Waals surface area contributed by atoms with Gasteiger partial charge in [0.2, 0.25) is 11.9 Å². The highest BCUT2D eigenvalue weighted by molar-refractivity contribution is 7.99. The van der Waals surface area contributed by atoms with Crippen LogP contribution < -0.4 is 10.6 Å². The lowest BCUT2D eigenvalue weighted by Crippen LogP contribution is -2.27. The van der Waals surface area contributed by atoms with Crippen molar-refractivity contribution in [3.63, 3.8) is 0 Å². The zero-order chi connectivity index (χ0) is 17.6. The van der Waals surface area contributed by atoms with Crippen LogP contribution in [0.15, 0.2) is 24.3 Å². The molecule has 0 radical (unpaired) electrons. The number of thioether (sulfide) groups is 1. The Morgan fingerprint density at radius 1 is 1.44 bits per heavy atom. The van der Waals surface area contributed by atoms with Crippen molar-refractivity contribution < 1.29 is 4.79 Å². The van der Waals surface area contributed by atoms with Gasteiger partial charge in [0.1, 0.15) is 0 Å². The van der Waals surface area contributed by atoms with E-state index < -0.39 is 0 Å². The molecule has 0 aliphatic carbocycles. The lowest BCUT2D eigenvalue weighted by Gasteiger charge is -2.19. The van der Waals surface area contributed by atoms with E-state index in [-0.39, 0.29) is 5.91 Å². The van der Waals surface area contributed by atoms with Gasteiger partial charge >= 0.3 is 0 Å². The maximum absolute atomic E-state index is 12.2. The van der Waals surface area contributed by atoms with Crippen molar-refractivity contribution in [2.45, 2.75) is 24.5 Å². The molecule has 3 rings (SSSR count). The van der Waals surface area contributed by atoms with Gasteiger partial charge in [-0.05, 0) is 43.6 Å². The van der Waals surface area contributed by atoms with Crippen LogP contribution in [0.1, 0.15) is 30.1 Å². The molecule has 1 aliphatic rings. The van der Waals surface area contributed by atoms with Gasteiger partial charge < -0.3 is 5.32 Å². The number of benzene rings is 1. The summed E-state index contributed by atoms with van der Waals surface area (Å²) in [4.78, 5) is 16.7. The lowest BCUT2D eigenvalue weighted by molar-refractivity contribution is -0.113. The summed E-state index contributed by atoms with van der Waals surface area (Å²) in [6.45, 7) is 1.98. The molecule has 1 saturated heterocycles. The number of aromatic nitrogens is 3. The molecule has 0 saturated carbocycles. The second-order valence-corrected chi connectivity index (χ2v) is 7.53. The number of halogens is 1. The normalized spacial score (nSPS) is 15.3. The first-order chi connectivity index (χ1) is 12.1. The van der Waals surface area contributed by atoms with Gasteiger partial charge in [-0.1, -0.05) is 23.7 Å². The van der Waals surface area contributed by atoms with E-state index in [9.17, 15) is 4.79 Å². The number of carbonyl (C=O) groups is 1. The molecule has 6 nitrogen and oxygen atoms in total. The van der Waals surface area contributed by atoms with Crippen molar-refractivity contribution in [2.75, 3.05) is 24.2 Å². The molecule has 1 amide bonds. The first-order valence-electron chi connectivity index (χ1n) is 8.35. The zero-order valence-corrected chi connectivity index (χ0v) is 15.7. The van der Waals surface area contributed by atoms with Gasteiger partial charge in [0.25, 0.3) is 0 Å². The Kier molecular flexibility index (Phi) is 6.34. The molecule has 2 aromatic rings. The molecule has 2 heterocycles. The molecule has 1 aromatic heterocycles. The van der Waals surface area contributed by atoms with Gasteiger partial charge in [-0.15, -0.1) is 11.8 Å². The van der Waals surface area contributed by atoms with Crippen LogP contribution in [0.5, 0.6) is 0 Å². The van der Waals surface area contributed by atoms with Crippen LogP contribution >= 0.6 is 23.4 Å². The highest BCUT2D eigenvalue weighted by Gasteiger charge is 2.21. The van der Waals surface area contributed by atoms with Crippen LogP contribution in [-0.4, -0.2) is 39.5 Å². The first kappa shape index (κ1) is 18.2. The molecule has 1 aromatic carbocycles. The van der Waals surface area contributed by atoms with Crippen LogP contribution in [0.4, 0.5) is 5.95 Å². The quantitative estimate of drug-likeness (QED) is 0.807. The molecule has 1 aliphatic heterocycles. The Labute approximate surface area is 156 Å². The molecular weight excluding hydrogens is 358 g/mol. The van der Waals surface area contributed by atoms with Gasteiger partial charge in [0.05, 0.1) is 5.75 Å². The van der Waals surface area contributed by atoms with E-state index in [1.807, 2.05) is 31.3 Å². The van der Waals surface area contributed by atoms with Crippen LogP contribution in [0, 0.1) is 0 Å². The zero-order valence-electron chi connectivity index (χ0n) is 14.2. The summed E-state index contributed by atoms with van der Waals surface area (Å²) >= 11 is 7.51. The number of carbonyl (C=O) groups excluding carboxylic acids is 1. The van der Waals surface area contributed by atoms with Gasteiger partial charge in [0, 0.05) is 23.7 Å². The van der Waals surface area contributed by atoms with E-state index in [0.29, 0.717) is 22.6 Å². The summed E-state index contributed by atoms with van der Waals surface area (Å²) in [5.41, 5.74) is 1.11. The van der Waals surface area contributed by atoms with E-state index in [0.717, 1.165) is 43.1 Å². The summed E-state index contributed by atoms with van der Waals surface area (Å²) < 4.78 is 1.65. The number of hydrogen-bond donors (Lipinski definition) is 2. The number of nitrogens with one attached hydrogen (secondary N) is 2. The fourth-order valence-corrected chi connectivity index (χ4v) is 3.80. The predicted octanol–water partition coefficient (Wildman–Crippen LogP) is 2.81. The number of rotatable bonds is 6. The van der Waals surface area contributed by atoms with Crippen molar-refractivity contribution in [3.8, 4) is 0 Å². The Hall–Kier alpha value is -1.57. The van der Waals surface area contributed by atoms with Crippen LogP contribution in [0.3, 0.4) is 0 Å². The minimum absolute atomic E-state index is 0.0700. The summed E-state index contributed by atoms with van der Waals surface area (Å²) in [5, 5.41) is 11.4. The third-order valence-electron chi connectivity index (χ3n) is 4.13. The molecule has 134 valence electrons. The number of anilines is 1. The second-order valence-electron chi connectivity index (χ2n) is 6.11. The molecule has 25 heavy (non-hydrogen) atoms. The monoisotopic (exact) mass is 379 g/mol. The maximum atomic E-state index is 12.2. The van der Waals surface area contributed by atoms with E-state index in [4.69, 9.17) is 11.6 Å². The van der Waals surface area contributed by atoms with Crippen molar-refractivity contribution in [2.24, 2.45) is 7.05 Å². The largest absolute Gasteiger partial charge is 0.317 e. The van der Waals surface area contributed by atoms with Crippen LogP contribution in [0.25, 0.3) is 0 Å². The van der Waals surface area contributed by atoms with Crippen molar-refractivity contribution in [1.29, 1.82) is 0 Å². The molecular formula is C17H22ClN5OS. The molecule has 1 fully saturated rings. The molecule has 0 unspecified atom stereocenters. The molecule has 0 atom stereocenters. The fraction of sp³-hybridized carbons (Fsp3) is 0.471. The highest BCUT2D eigenvalue weighted by atomic mass is 35.5. The van der Waals surface area contributed by atoms with Crippen molar-refractivity contribution in [1.82, 2.24) is 20.1 Å². The number of nitrogens with zero attached hydrogens (tertiary/aromatic N) is 3. The smallest absolute Gasteiger partial charge is 0.236 e. The predicted molar refractivity (Wildman–Crippen MR) is 102 cm³/mol. The average Bonchev–Trinajstić information content (AvgIpc) is 2.96. The number of hydrogen-bond acceptors (Lipinski definition) is 5. The summed E-state index contributed by atoms with van der Waals surface area (Å²) in [6, 6.07) is 7.68. The average molecular weight is 380 g/mol. The third-order valence-corrected chi connectivity index (χ3v) is 5.36. The Morgan fingerprint density at radius 2 is 2.24 bits per heavy atom. The second kappa shape index (κ2) is 8.69. The van der Waals surface area contributed by atoms with E-state index in [2.05, 4.69) is 20.7 Å². The van der Waals surface area contributed by atoms with Gasteiger partial charge in [-0.25, -0.2) is 4.68 Å². The Morgan fingerprint density at radius 3 is 3.00 bits per heavy atom. The third kappa shape index (κ3) is 5.20. The Balaban J connectivity index is 1.50.